The van der Waals surface area contributed by atoms with Gasteiger partial charge in [-0.3, -0.25) is 4.79 Å². The maximum Gasteiger partial charge on any atom is 0.314 e. The second-order valence-electron chi connectivity index (χ2n) is 3.70. The molecule has 1 aliphatic carbocycles. The molecule has 1 aromatic carbocycles. The molecule has 0 unspecified atom stereocenters. The summed E-state index contributed by atoms with van der Waals surface area (Å²) in [6.45, 7) is 0. The second-order valence-corrected chi connectivity index (χ2v) is 4.35. The molecule has 0 spiro atoms. The van der Waals surface area contributed by atoms with Crippen molar-refractivity contribution in [3.8, 4) is 0 Å². The Morgan fingerprint density at radius 3 is 2.57 bits per heavy atom. The molecule has 1 fully saturated rings. The Labute approximate surface area is 91.1 Å². The molecule has 0 bridgehead atoms. The van der Waals surface area contributed by atoms with Gasteiger partial charge in [-0.25, -0.2) is 0 Å². The van der Waals surface area contributed by atoms with Crippen molar-refractivity contribution < 1.29 is 9.90 Å². The number of benzene rings is 1. The van der Waals surface area contributed by atoms with Crippen LogP contribution in [0.15, 0.2) is 30.3 Å². The SMILES string of the molecule is O=C(O)[C@@]1(c2ccccc2)C[C@H]1CBr. The number of hydrogen-bond acceptors (Lipinski definition) is 1. The monoisotopic (exact) mass is 254 g/mol. The van der Waals surface area contributed by atoms with Crippen LogP contribution < -0.4 is 0 Å². The van der Waals surface area contributed by atoms with Crippen molar-refractivity contribution in [3.63, 3.8) is 0 Å². The van der Waals surface area contributed by atoms with E-state index < -0.39 is 11.4 Å². The van der Waals surface area contributed by atoms with Gasteiger partial charge in [0.1, 0.15) is 0 Å². The molecule has 3 heteroatoms. The lowest BCUT2D eigenvalue weighted by Crippen LogP contribution is -2.22. The van der Waals surface area contributed by atoms with Gasteiger partial charge in [0.25, 0.3) is 0 Å². The molecule has 1 N–H and O–H groups in total. The smallest absolute Gasteiger partial charge is 0.314 e. The fourth-order valence-electron chi connectivity index (χ4n) is 1.99. The number of rotatable bonds is 3. The minimum Gasteiger partial charge on any atom is -0.481 e. The number of alkyl halides is 1. The largest absolute Gasteiger partial charge is 0.481 e. The zero-order chi connectivity index (χ0) is 10.2. The first-order chi connectivity index (χ1) is 6.71. The Morgan fingerprint density at radius 1 is 1.50 bits per heavy atom. The third kappa shape index (κ3) is 1.27. The first-order valence-electron chi connectivity index (χ1n) is 4.56. The molecule has 0 heterocycles. The molecule has 1 aromatic rings. The first kappa shape index (κ1) is 9.71. The van der Waals surface area contributed by atoms with Crippen LogP contribution in [0, 0.1) is 5.92 Å². The minimum absolute atomic E-state index is 0.238. The highest BCUT2D eigenvalue weighted by molar-refractivity contribution is 9.09. The Morgan fingerprint density at radius 2 is 2.14 bits per heavy atom. The van der Waals surface area contributed by atoms with Crippen molar-refractivity contribution in [2.24, 2.45) is 5.92 Å². The molecular weight excluding hydrogens is 244 g/mol. The van der Waals surface area contributed by atoms with Gasteiger partial charge in [-0.2, -0.15) is 0 Å². The number of carbonyl (C=O) groups is 1. The second kappa shape index (κ2) is 3.39. The van der Waals surface area contributed by atoms with Crippen LogP contribution in [0.25, 0.3) is 0 Å². The van der Waals surface area contributed by atoms with E-state index in [1.165, 1.54) is 0 Å². The van der Waals surface area contributed by atoms with Crippen LogP contribution in [0.3, 0.4) is 0 Å². The van der Waals surface area contributed by atoms with Crippen LogP contribution in [0.4, 0.5) is 0 Å². The first-order valence-corrected chi connectivity index (χ1v) is 5.69. The molecule has 14 heavy (non-hydrogen) atoms. The normalized spacial score (nSPS) is 29.9. The van der Waals surface area contributed by atoms with Gasteiger partial charge in [0, 0.05) is 5.33 Å². The van der Waals surface area contributed by atoms with Crippen molar-refractivity contribution in [1.82, 2.24) is 0 Å². The van der Waals surface area contributed by atoms with Crippen LogP contribution in [0.2, 0.25) is 0 Å². The fraction of sp³-hybridized carbons (Fsp3) is 0.364. The van der Waals surface area contributed by atoms with Gasteiger partial charge in [0.2, 0.25) is 0 Å². The zero-order valence-electron chi connectivity index (χ0n) is 7.61. The molecule has 2 rings (SSSR count). The van der Waals surface area contributed by atoms with E-state index in [9.17, 15) is 9.90 Å². The van der Waals surface area contributed by atoms with E-state index in [-0.39, 0.29) is 5.92 Å². The molecule has 0 amide bonds. The lowest BCUT2D eigenvalue weighted by molar-refractivity contribution is -0.140. The van der Waals surface area contributed by atoms with Crippen LogP contribution >= 0.6 is 15.9 Å². The third-order valence-electron chi connectivity index (χ3n) is 2.96. The number of aliphatic carboxylic acids is 1. The fourth-order valence-corrected chi connectivity index (χ4v) is 2.77. The van der Waals surface area contributed by atoms with Gasteiger partial charge in [-0.15, -0.1) is 0 Å². The van der Waals surface area contributed by atoms with Gasteiger partial charge in [0.05, 0.1) is 5.41 Å². The van der Waals surface area contributed by atoms with E-state index in [2.05, 4.69) is 15.9 Å². The Hall–Kier alpha value is -0.830. The molecular formula is C11H11BrO2. The molecule has 74 valence electrons. The molecule has 0 radical (unpaired) electrons. The highest BCUT2D eigenvalue weighted by atomic mass is 79.9. The minimum atomic E-state index is -0.701. The molecule has 1 aliphatic rings. The number of carboxylic acid groups (broad SMARTS) is 1. The average molecular weight is 255 g/mol. The topological polar surface area (TPSA) is 37.3 Å². The van der Waals surface area contributed by atoms with E-state index in [1.807, 2.05) is 30.3 Å². The molecule has 2 nitrogen and oxygen atoms in total. The van der Waals surface area contributed by atoms with E-state index >= 15 is 0 Å². The predicted molar refractivity (Wildman–Crippen MR) is 57.7 cm³/mol. The lowest BCUT2D eigenvalue weighted by atomic mass is 9.94. The van der Waals surface area contributed by atoms with E-state index in [0.717, 1.165) is 17.3 Å². The quantitative estimate of drug-likeness (QED) is 0.842. The Kier molecular flexibility index (Phi) is 2.35. The van der Waals surface area contributed by atoms with Crippen molar-refractivity contribution in [2.45, 2.75) is 11.8 Å². The van der Waals surface area contributed by atoms with E-state index in [4.69, 9.17) is 0 Å². The van der Waals surface area contributed by atoms with Gasteiger partial charge < -0.3 is 5.11 Å². The number of halogens is 1. The molecule has 0 aromatic heterocycles. The lowest BCUT2D eigenvalue weighted by Gasteiger charge is -2.11. The summed E-state index contributed by atoms with van der Waals surface area (Å²) in [5, 5.41) is 10.00. The average Bonchev–Trinajstić information content (AvgIpc) is 2.94. The zero-order valence-corrected chi connectivity index (χ0v) is 9.20. The van der Waals surface area contributed by atoms with Gasteiger partial charge in [-0.1, -0.05) is 46.3 Å². The van der Waals surface area contributed by atoms with Crippen molar-refractivity contribution >= 4 is 21.9 Å². The van der Waals surface area contributed by atoms with Crippen LogP contribution in [-0.4, -0.2) is 16.4 Å². The summed E-state index contributed by atoms with van der Waals surface area (Å²) in [5.74, 6) is -0.462. The Bertz CT molecular complexity index is 350. The van der Waals surface area contributed by atoms with Crippen LogP contribution in [0.5, 0.6) is 0 Å². The molecule has 2 atom stereocenters. The highest BCUT2D eigenvalue weighted by Gasteiger charge is 2.60. The van der Waals surface area contributed by atoms with Crippen LogP contribution in [-0.2, 0) is 10.2 Å². The van der Waals surface area contributed by atoms with Gasteiger partial charge in [0.15, 0.2) is 0 Å². The Balaban J connectivity index is 2.36. The number of hydrogen-bond donors (Lipinski definition) is 1. The van der Waals surface area contributed by atoms with Crippen molar-refractivity contribution in [2.75, 3.05) is 5.33 Å². The number of carboxylic acids is 1. The molecule has 0 aliphatic heterocycles. The highest BCUT2D eigenvalue weighted by Crippen LogP contribution is 2.55. The molecule has 1 saturated carbocycles. The summed E-state index contributed by atoms with van der Waals surface area (Å²) in [6, 6.07) is 9.49. The maximum absolute atomic E-state index is 11.2. The predicted octanol–water partition coefficient (Wildman–Crippen LogP) is 2.42. The summed E-state index contributed by atoms with van der Waals surface area (Å²) in [5.41, 5.74) is 0.307. The summed E-state index contributed by atoms with van der Waals surface area (Å²) in [6.07, 6.45) is 0.748. The summed E-state index contributed by atoms with van der Waals surface area (Å²) < 4.78 is 0. The standard InChI is InChI=1S/C11H11BrO2/c12-7-9-6-11(9,10(13)14)8-4-2-1-3-5-8/h1-5,9H,6-7H2,(H,13,14)/t9-,11+/m0/s1. The summed E-state index contributed by atoms with van der Waals surface area (Å²) >= 11 is 3.35. The van der Waals surface area contributed by atoms with Crippen LogP contribution in [0.1, 0.15) is 12.0 Å². The van der Waals surface area contributed by atoms with E-state index in [1.54, 1.807) is 0 Å². The van der Waals surface area contributed by atoms with Gasteiger partial charge in [-0.05, 0) is 17.9 Å². The van der Waals surface area contributed by atoms with Crippen molar-refractivity contribution in [1.29, 1.82) is 0 Å². The van der Waals surface area contributed by atoms with E-state index in [0.29, 0.717) is 0 Å². The maximum atomic E-state index is 11.2. The summed E-state index contributed by atoms with van der Waals surface area (Å²) in [4.78, 5) is 11.2. The third-order valence-corrected chi connectivity index (χ3v) is 3.74. The molecule has 0 saturated heterocycles. The summed E-state index contributed by atoms with van der Waals surface area (Å²) in [7, 11) is 0. The van der Waals surface area contributed by atoms with Gasteiger partial charge >= 0.3 is 5.97 Å². The van der Waals surface area contributed by atoms with Crippen molar-refractivity contribution in [3.05, 3.63) is 35.9 Å².